The van der Waals surface area contributed by atoms with E-state index < -0.39 is 23.4 Å². The Hall–Kier alpha value is -1.73. The van der Waals surface area contributed by atoms with Crippen molar-refractivity contribution in [3.8, 4) is 0 Å². The van der Waals surface area contributed by atoms with Crippen LogP contribution in [0.4, 0.5) is 18.0 Å². The van der Waals surface area contributed by atoms with Gasteiger partial charge in [0.05, 0.1) is 17.3 Å². The highest BCUT2D eigenvalue weighted by Gasteiger charge is 2.38. The molecule has 0 saturated heterocycles. The minimum absolute atomic E-state index is 0.0314. The van der Waals surface area contributed by atoms with Gasteiger partial charge in [-0.05, 0) is 40.5 Å². The first-order chi connectivity index (χ1) is 9.95. The van der Waals surface area contributed by atoms with Crippen LogP contribution in [0.5, 0.6) is 0 Å². The number of amides is 1. The lowest BCUT2D eigenvalue weighted by molar-refractivity contribution is -0.138. The monoisotopic (exact) mass is 319 g/mol. The highest BCUT2D eigenvalue weighted by Crippen LogP contribution is 2.36. The molecule has 1 aromatic rings. The van der Waals surface area contributed by atoms with E-state index in [4.69, 9.17) is 4.74 Å². The molecule has 1 aliphatic carbocycles. The zero-order valence-corrected chi connectivity index (χ0v) is 13.0. The summed E-state index contributed by atoms with van der Waals surface area (Å²) in [5, 5.41) is 6.62. The van der Waals surface area contributed by atoms with Crippen LogP contribution in [0, 0.1) is 6.92 Å². The van der Waals surface area contributed by atoms with Gasteiger partial charge < -0.3 is 10.1 Å². The molecule has 0 aliphatic heterocycles. The highest BCUT2D eigenvalue weighted by atomic mass is 19.4. The number of rotatable bonds is 2. The highest BCUT2D eigenvalue weighted by molar-refractivity contribution is 5.68. The molecule has 124 valence electrons. The van der Waals surface area contributed by atoms with Crippen LogP contribution in [0.15, 0.2) is 6.20 Å². The Morgan fingerprint density at radius 1 is 1.36 bits per heavy atom. The van der Waals surface area contributed by atoms with Gasteiger partial charge in [-0.2, -0.15) is 18.3 Å². The summed E-state index contributed by atoms with van der Waals surface area (Å²) in [7, 11) is 0. The third kappa shape index (κ3) is 3.92. The van der Waals surface area contributed by atoms with Crippen molar-refractivity contribution in [2.75, 3.05) is 0 Å². The molecule has 22 heavy (non-hydrogen) atoms. The van der Waals surface area contributed by atoms with E-state index in [9.17, 15) is 18.0 Å². The van der Waals surface area contributed by atoms with Crippen LogP contribution in [0.2, 0.25) is 0 Å². The number of nitrogens with one attached hydrogen (secondary N) is 1. The molecular weight excluding hydrogens is 299 g/mol. The maximum absolute atomic E-state index is 12.7. The summed E-state index contributed by atoms with van der Waals surface area (Å²) in [4.78, 5) is 11.6. The predicted octanol–water partition coefficient (Wildman–Crippen LogP) is 3.44. The van der Waals surface area contributed by atoms with Crippen LogP contribution in [0.1, 0.15) is 50.9 Å². The van der Waals surface area contributed by atoms with Gasteiger partial charge in [0.15, 0.2) is 0 Å². The lowest BCUT2D eigenvalue weighted by Crippen LogP contribution is -2.46. The minimum atomic E-state index is -4.39. The Kier molecular flexibility index (Phi) is 4.14. The van der Waals surface area contributed by atoms with Crippen LogP contribution < -0.4 is 5.32 Å². The topological polar surface area (TPSA) is 56.2 Å². The fraction of sp³-hybridized carbons (Fsp3) is 0.714. The van der Waals surface area contributed by atoms with Gasteiger partial charge in [-0.3, -0.25) is 4.68 Å². The van der Waals surface area contributed by atoms with Crippen molar-refractivity contribution < 1.29 is 22.7 Å². The van der Waals surface area contributed by atoms with Crippen LogP contribution in [0.3, 0.4) is 0 Å². The van der Waals surface area contributed by atoms with E-state index in [0.29, 0.717) is 12.8 Å². The fourth-order valence-corrected chi connectivity index (χ4v) is 2.34. The summed E-state index contributed by atoms with van der Waals surface area (Å²) >= 11 is 0. The number of hydrogen-bond acceptors (Lipinski definition) is 3. The summed E-state index contributed by atoms with van der Waals surface area (Å²) in [5.41, 5.74) is -1.32. The maximum atomic E-state index is 12.7. The number of nitrogens with zero attached hydrogens (tertiary/aromatic N) is 2. The quantitative estimate of drug-likeness (QED) is 0.908. The Labute approximate surface area is 126 Å². The Balaban J connectivity index is 1.88. The molecule has 0 spiro atoms. The number of alkyl carbamates (subject to hydrolysis) is 1. The molecule has 1 heterocycles. The van der Waals surface area contributed by atoms with Crippen molar-refractivity contribution in [2.24, 2.45) is 0 Å². The third-order valence-electron chi connectivity index (χ3n) is 3.43. The van der Waals surface area contributed by atoms with Gasteiger partial charge in [0.1, 0.15) is 5.60 Å². The normalized spacial score (nSPS) is 22.1. The van der Waals surface area contributed by atoms with Crippen molar-refractivity contribution in [1.82, 2.24) is 15.1 Å². The molecule has 0 radical (unpaired) electrons. The fourth-order valence-electron chi connectivity index (χ4n) is 2.34. The number of carbonyl (C=O) groups is 1. The number of ether oxygens (including phenoxy) is 1. The van der Waals surface area contributed by atoms with Crippen LogP contribution >= 0.6 is 0 Å². The van der Waals surface area contributed by atoms with Gasteiger partial charge in [-0.15, -0.1) is 0 Å². The predicted molar refractivity (Wildman–Crippen MR) is 73.4 cm³/mol. The molecular formula is C14H20F3N3O2. The van der Waals surface area contributed by atoms with Crippen LogP contribution in [0.25, 0.3) is 0 Å². The summed E-state index contributed by atoms with van der Waals surface area (Å²) in [6.45, 7) is 6.64. The summed E-state index contributed by atoms with van der Waals surface area (Å²) in [6, 6.07) is -0.228. The largest absolute Gasteiger partial charge is 0.444 e. The second-order valence-corrected chi connectivity index (χ2v) is 6.57. The number of aromatic nitrogens is 2. The van der Waals surface area contributed by atoms with Crippen molar-refractivity contribution >= 4 is 6.09 Å². The third-order valence-corrected chi connectivity index (χ3v) is 3.43. The zero-order valence-electron chi connectivity index (χ0n) is 13.0. The molecule has 1 fully saturated rings. The van der Waals surface area contributed by atoms with Gasteiger partial charge >= 0.3 is 12.3 Å². The number of hydrogen-bond donors (Lipinski definition) is 1. The van der Waals surface area contributed by atoms with Gasteiger partial charge in [0.25, 0.3) is 0 Å². The lowest BCUT2D eigenvalue weighted by atomic mass is 9.87. The Morgan fingerprint density at radius 2 is 1.95 bits per heavy atom. The molecule has 8 heteroatoms. The van der Waals surface area contributed by atoms with Gasteiger partial charge in [-0.25, -0.2) is 4.79 Å². The summed E-state index contributed by atoms with van der Waals surface area (Å²) < 4.78 is 44.7. The number of carbonyl (C=O) groups excluding carboxylic acids is 1. The van der Waals surface area contributed by atoms with Crippen molar-refractivity contribution in [1.29, 1.82) is 0 Å². The smallest absolute Gasteiger partial charge is 0.419 e. The molecule has 2 rings (SSSR count). The van der Waals surface area contributed by atoms with Gasteiger partial charge in [0, 0.05) is 12.2 Å². The Bertz CT molecular complexity index is 555. The molecule has 0 atom stereocenters. The Morgan fingerprint density at radius 3 is 2.41 bits per heavy atom. The van der Waals surface area contributed by atoms with Crippen LogP contribution in [-0.2, 0) is 10.9 Å². The standard InChI is InChI=1S/C14H20F3N3O2/c1-8-11(14(15,16)17)7-20(19-8)10-5-9(6-10)18-12(21)22-13(2,3)4/h7,9-10H,5-6H2,1-4H3,(H,18,21). The van der Waals surface area contributed by atoms with Gasteiger partial charge in [-0.1, -0.05) is 0 Å². The van der Waals surface area contributed by atoms with E-state index in [0.717, 1.165) is 6.20 Å². The average Bonchev–Trinajstić information content (AvgIpc) is 2.61. The lowest BCUT2D eigenvalue weighted by Gasteiger charge is -2.36. The van der Waals surface area contributed by atoms with Gasteiger partial charge in [0.2, 0.25) is 0 Å². The number of halogens is 3. The summed E-state index contributed by atoms with van der Waals surface area (Å²) in [5.74, 6) is 0. The molecule has 1 N–H and O–H groups in total. The average molecular weight is 319 g/mol. The van der Waals surface area contributed by atoms with Crippen LogP contribution in [-0.4, -0.2) is 27.5 Å². The summed E-state index contributed by atoms with van der Waals surface area (Å²) in [6.07, 6.45) is -2.79. The second kappa shape index (κ2) is 5.48. The molecule has 1 aromatic heterocycles. The maximum Gasteiger partial charge on any atom is 0.419 e. The van der Waals surface area contributed by atoms with E-state index in [1.807, 2.05) is 0 Å². The van der Waals surface area contributed by atoms with E-state index >= 15 is 0 Å². The molecule has 0 bridgehead atoms. The zero-order chi connectivity index (χ0) is 16.7. The van der Waals surface area contributed by atoms with E-state index in [-0.39, 0.29) is 17.8 Å². The van der Waals surface area contributed by atoms with Crippen molar-refractivity contribution in [3.05, 3.63) is 17.5 Å². The first-order valence-electron chi connectivity index (χ1n) is 7.08. The molecule has 0 aromatic carbocycles. The number of alkyl halides is 3. The molecule has 1 aliphatic rings. The molecule has 1 saturated carbocycles. The first kappa shape index (κ1) is 16.6. The second-order valence-electron chi connectivity index (χ2n) is 6.57. The molecule has 5 nitrogen and oxygen atoms in total. The first-order valence-corrected chi connectivity index (χ1v) is 7.08. The molecule has 1 amide bonds. The van der Waals surface area contributed by atoms with E-state index in [1.165, 1.54) is 11.6 Å². The number of aryl methyl sites for hydroxylation is 1. The van der Waals surface area contributed by atoms with E-state index in [2.05, 4.69) is 10.4 Å². The SMILES string of the molecule is Cc1nn(C2CC(NC(=O)OC(C)(C)C)C2)cc1C(F)(F)F. The van der Waals surface area contributed by atoms with Crippen molar-refractivity contribution in [3.63, 3.8) is 0 Å². The molecule has 0 unspecified atom stereocenters. The van der Waals surface area contributed by atoms with Crippen molar-refractivity contribution in [2.45, 2.75) is 64.4 Å². The van der Waals surface area contributed by atoms with E-state index in [1.54, 1.807) is 20.8 Å². The minimum Gasteiger partial charge on any atom is -0.444 e.